The van der Waals surface area contributed by atoms with Gasteiger partial charge in [-0.1, -0.05) is 57.3 Å². The van der Waals surface area contributed by atoms with E-state index in [4.69, 9.17) is 23.2 Å². The lowest BCUT2D eigenvalue weighted by molar-refractivity contribution is 0.274. The Morgan fingerprint density at radius 1 is 1.05 bits per heavy atom. The van der Waals surface area contributed by atoms with Crippen LogP contribution in [0.15, 0.2) is 46.9 Å². The summed E-state index contributed by atoms with van der Waals surface area (Å²) >= 11 is 16.2. The van der Waals surface area contributed by atoms with Crippen LogP contribution in [0.1, 0.15) is 11.1 Å². The Bertz CT molecular complexity index is 618. The van der Waals surface area contributed by atoms with Crippen LogP contribution in [-0.4, -0.2) is 13.1 Å². The summed E-state index contributed by atoms with van der Waals surface area (Å²) in [5, 5.41) is 4.88. The molecule has 0 atom stereocenters. The van der Waals surface area contributed by atoms with Gasteiger partial charge in [0.15, 0.2) is 0 Å². The Kier molecular flexibility index (Phi) is 4.09. The molecule has 2 aromatic carbocycles. The summed E-state index contributed by atoms with van der Waals surface area (Å²) in [7, 11) is 0. The van der Waals surface area contributed by atoms with Crippen molar-refractivity contribution in [1.29, 1.82) is 0 Å². The molecule has 0 saturated carbocycles. The number of benzene rings is 2. The number of hydrogen-bond donors (Lipinski definition) is 1. The van der Waals surface area contributed by atoms with Crippen LogP contribution in [0.5, 0.6) is 0 Å². The van der Waals surface area contributed by atoms with Crippen molar-refractivity contribution in [2.45, 2.75) is 11.8 Å². The fourth-order valence-corrected chi connectivity index (χ4v) is 3.65. The smallest absolute Gasteiger partial charge is 0.0453 e. The van der Waals surface area contributed by atoms with E-state index < -0.39 is 0 Å². The van der Waals surface area contributed by atoms with Crippen LogP contribution < -0.4 is 5.32 Å². The quantitative estimate of drug-likeness (QED) is 0.815. The molecule has 1 aliphatic heterocycles. The topological polar surface area (TPSA) is 12.0 Å². The van der Waals surface area contributed by atoms with Crippen molar-refractivity contribution in [1.82, 2.24) is 5.32 Å². The number of halogens is 3. The summed E-state index contributed by atoms with van der Waals surface area (Å²) in [6.07, 6.45) is 0.856. The third kappa shape index (κ3) is 2.62. The standard InChI is InChI=1S/C16H14BrCl2N/c17-12-4-1-3-11(7-12)16(9-20-10-16)8-13-14(18)5-2-6-15(13)19/h1-7,20H,8-10H2. The van der Waals surface area contributed by atoms with E-state index in [1.54, 1.807) is 0 Å². The Hall–Kier alpha value is -0.540. The molecule has 0 aliphatic carbocycles. The first-order chi connectivity index (χ1) is 9.61. The van der Waals surface area contributed by atoms with E-state index >= 15 is 0 Å². The van der Waals surface area contributed by atoms with Gasteiger partial charge in [-0.3, -0.25) is 0 Å². The molecule has 1 nitrogen and oxygen atoms in total. The minimum absolute atomic E-state index is 0.0818. The van der Waals surface area contributed by atoms with Gasteiger partial charge in [-0.05, 0) is 41.8 Å². The van der Waals surface area contributed by atoms with Gasteiger partial charge < -0.3 is 5.32 Å². The average Bonchev–Trinajstić information content (AvgIpc) is 2.36. The monoisotopic (exact) mass is 369 g/mol. The molecule has 1 N–H and O–H groups in total. The SMILES string of the molecule is Clc1cccc(Cl)c1CC1(c2cccc(Br)c2)CNC1. The van der Waals surface area contributed by atoms with Gasteiger partial charge in [-0.15, -0.1) is 0 Å². The Labute approximate surface area is 137 Å². The molecule has 1 fully saturated rings. The highest BCUT2D eigenvalue weighted by molar-refractivity contribution is 9.10. The molecule has 4 heteroatoms. The maximum Gasteiger partial charge on any atom is 0.0453 e. The van der Waals surface area contributed by atoms with Gasteiger partial charge >= 0.3 is 0 Å². The highest BCUT2D eigenvalue weighted by atomic mass is 79.9. The van der Waals surface area contributed by atoms with E-state index in [2.05, 4.69) is 39.4 Å². The van der Waals surface area contributed by atoms with E-state index in [0.717, 1.165) is 39.6 Å². The third-order valence-electron chi connectivity index (χ3n) is 3.94. The lowest BCUT2D eigenvalue weighted by Gasteiger charge is -2.44. The fraction of sp³-hybridized carbons (Fsp3) is 0.250. The van der Waals surface area contributed by atoms with Crippen LogP contribution in [0.25, 0.3) is 0 Å². The van der Waals surface area contributed by atoms with Crippen molar-refractivity contribution in [2.24, 2.45) is 0 Å². The van der Waals surface area contributed by atoms with Gasteiger partial charge in [-0.25, -0.2) is 0 Å². The summed E-state index contributed by atoms with van der Waals surface area (Å²) < 4.78 is 1.10. The zero-order valence-corrected chi connectivity index (χ0v) is 13.9. The van der Waals surface area contributed by atoms with E-state index in [-0.39, 0.29) is 5.41 Å². The van der Waals surface area contributed by atoms with Crippen molar-refractivity contribution in [3.63, 3.8) is 0 Å². The summed E-state index contributed by atoms with van der Waals surface area (Å²) in [5.41, 5.74) is 2.44. The first-order valence-electron chi connectivity index (χ1n) is 6.50. The van der Waals surface area contributed by atoms with Crippen molar-refractivity contribution in [3.8, 4) is 0 Å². The van der Waals surface area contributed by atoms with Crippen LogP contribution in [-0.2, 0) is 11.8 Å². The molecule has 0 unspecified atom stereocenters. The van der Waals surface area contributed by atoms with Crippen molar-refractivity contribution >= 4 is 39.1 Å². The van der Waals surface area contributed by atoms with Crippen LogP contribution >= 0.6 is 39.1 Å². The highest BCUT2D eigenvalue weighted by Gasteiger charge is 2.39. The molecule has 0 radical (unpaired) electrons. The average molecular weight is 371 g/mol. The minimum Gasteiger partial charge on any atom is -0.315 e. The molecule has 1 heterocycles. The molecule has 3 rings (SSSR count). The maximum absolute atomic E-state index is 6.32. The molecular formula is C16H14BrCl2N. The number of nitrogens with one attached hydrogen (secondary N) is 1. The second kappa shape index (κ2) is 5.69. The fourth-order valence-electron chi connectivity index (χ4n) is 2.72. The highest BCUT2D eigenvalue weighted by Crippen LogP contribution is 2.37. The largest absolute Gasteiger partial charge is 0.315 e. The zero-order chi connectivity index (χ0) is 14.2. The van der Waals surface area contributed by atoms with Gasteiger partial charge in [0.2, 0.25) is 0 Å². The Morgan fingerprint density at radius 3 is 2.25 bits per heavy atom. The van der Waals surface area contributed by atoms with Crippen molar-refractivity contribution < 1.29 is 0 Å². The zero-order valence-electron chi connectivity index (χ0n) is 10.8. The lowest BCUT2D eigenvalue weighted by atomic mass is 9.71. The molecule has 20 heavy (non-hydrogen) atoms. The van der Waals surface area contributed by atoms with E-state index in [1.807, 2.05) is 24.3 Å². The second-order valence-corrected chi connectivity index (χ2v) is 7.00. The molecular weight excluding hydrogens is 357 g/mol. The van der Waals surface area contributed by atoms with Gasteiger partial charge in [0.1, 0.15) is 0 Å². The first-order valence-corrected chi connectivity index (χ1v) is 8.05. The van der Waals surface area contributed by atoms with E-state index in [0.29, 0.717) is 0 Å². The lowest BCUT2D eigenvalue weighted by Crippen LogP contribution is -2.58. The molecule has 0 aromatic heterocycles. The van der Waals surface area contributed by atoms with Gasteiger partial charge in [0.25, 0.3) is 0 Å². The predicted octanol–water partition coefficient (Wildman–Crippen LogP) is 4.84. The van der Waals surface area contributed by atoms with E-state index in [1.165, 1.54) is 5.56 Å². The number of rotatable bonds is 3. The molecule has 2 aromatic rings. The maximum atomic E-state index is 6.32. The second-order valence-electron chi connectivity index (χ2n) is 5.27. The van der Waals surface area contributed by atoms with Crippen molar-refractivity contribution in [2.75, 3.05) is 13.1 Å². The first kappa shape index (κ1) is 14.4. The van der Waals surface area contributed by atoms with Gasteiger partial charge in [-0.2, -0.15) is 0 Å². The van der Waals surface area contributed by atoms with Gasteiger partial charge in [0.05, 0.1) is 0 Å². The number of hydrogen-bond acceptors (Lipinski definition) is 1. The Balaban J connectivity index is 1.98. The summed E-state index contributed by atoms with van der Waals surface area (Å²) in [6.45, 7) is 1.90. The molecule has 1 saturated heterocycles. The van der Waals surface area contributed by atoms with E-state index in [9.17, 15) is 0 Å². The molecule has 0 amide bonds. The van der Waals surface area contributed by atoms with Gasteiger partial charge in [0, 0.05) is 33.0 Å². The summed E-state index contributed by atoms with van der Waals surface area (Å²) in [5.74, 6) is 0. The molecule has 0 bridgehead atoms. The Morgan fingerprint density at radius 2 is 1.70 bits per heavy atom. The van der Waals surface area contributed by atoms with Crippen LogP contribution in [0, 0.1) is 0 Å². The molecule has 104 valence electrons. The van der Waals surface area contributed by atoms with Crippen LogP contribution in [0.2, 0.25) is 10.0 Å². The van der Waals surface area contributed by atoms with Crippen LogP contribution in [0.3, 0.4) is 0 Å². The predicted molar refractivity (Wildman–Crippen MR) is 88.9 cm³/mol. The summed E-state index contributed by atoms with van der Waals surface area (Å²) in [6, 6.07) is 14.2. The third-order valence-corrected chi connectivity index (χ3v) is 5.14. The van der Waals surface area contributed by atoms with Crippen LogP contribution in [0.4, 0.5) is 0 Å². The normalized spacial score (nSPS) is 16.8. The minimum atomic E-state index is 0.0818. The van der Waals surface area contributed by atoms with Crippen molar-refractivity contribution in [3.05, 3.63) is 68.1 Å². The molecule has 1 aliphatic rings. The molecule has 0 spiro atoms. The summed E-state index contributed by atoms with van der Waals surface area (Å²) in [4.78, 5) is 0.